The monoisotopic (exact) mass is 1720 g/mol. The second-order valence-electron chi connectivity index (χ2n) is 33.1. The first-order valence-electron chi connectivity index (χ1n) is 52.4. The Morgan fingerprint density at radius 2 is 0.508 bits per heavy atom. The Bertz CT molecular complexity index is 9610. The SMILES string of the molecule is [2H]c1c([2H])c([2H])c(-c2c3ccccc3c(-c3cc4ccccc4c4cc(-c5ccc(-c6cccc7c6oc6c(-c8c([2H])c([2H])c([2H])c([2H])c8[2H])cccc67)cc5)ccc34)c3ccccc23)c([2H])c1[2H].[2H]c1c([2H])c([2H])c(-c2c3ccccc3c(-c3cc4ccccc4c4cc(B5OC(C)(C)C(C)(C)O5)ccc34)c3ccccc23)c([2H])c1[2H].[2H]c1c([2H])c([2H])c(-c2cccc3c2oc2c(-c4ccc(Br)cc4)cccc23)c([2H])c1[2H]. The number of furan rings is 2. The van der Waals surface area contributed by atoms with E-state index < -0.39 is 54.6 Å². The minimum atomic E-state index is -0.500. The van der Waals surface area contributed by atoms with Crippen LogP contribution in [0.5, 0.6) is 0 Å². The molecule has 22 aromatic carbocycles. The van der Waals surface area contributed by atoms with Gasteiger partial charge >= 0.3 is 7.12 Å². The van der Waals surface area contributed by atoms with Crippen LogP contribution in [-0.4, -0.2) is 18.3 Å². The van der Waals surface area contributed by atoms with Gasteiger partial charge in [-0.1, -0.05) is 422 Å². The Hall–Kier alpha value is -15.0. The maximum absolute atomic E-state index is 9.00. The van der Waals surface area contributed by atoms with Crippen molar-refractivity contribution in [2.45, 2.75) is 38.9 Å². The van der Waals surface area contributed by atoms with Crippen LogP contribution in [0.15, 0.2) is 450 Å². The summed E-state index contributed by atoms with van der Waals surface area (Å²) in [7, 11) is -0.500. The molecule has 0 amide bonds. The molecular weight excluding hydrogens is 1620 g/mol. The molecule has 0 bridgehead atoms. The molecule has 0 aliphatic carbocycles. The molecule has 0 saturated carbocycles. The van der Waals surface area contributed by atoms with E-state index in [9.17, 15) is 0 Å². The molecular formula is C122H84BBrO4. The van der Waals surface area contributed by atoms with E-state index in [0.29, 0.717) is 44.6 Å². The number of hydrogen-bond donors (Lipinski definition) is 0. The predicted octanol–water partition coefficient (Wildman–Crippen LogP) is 34.1. The third kappa shape index (κ3) is 13.4. The van der Waals surface area contributed by atoms with Crippen LogP contribution in [0.3, 0.4) is 0 Å². The number of hydrogen-bond acceptors (Lipinski definition) is 4. The standard InChI is InChI=1S/C58H36O.C40H33BO2.C24H15BrO/c1-3-15-38(16-4-1)44-25-13-27-51-52-28-14-26-45(58(52)59-57(44)51)39-31-29-37(30-32-39)41-33-34-46-53(35-41)43-20-8-7-19-42(43)36-54(46)56-49-23-11-9-21-47(49)55(40-17-5-2-6-18-40)48-22-10-12-24-50(48)56;1-39(2)40(3,4)43-41(42-39)28-22-23-30-35(25-28)29-17-9-8-16-27(29)24-36(30)38-33-20-12-10-18-31(33)37(26-14-6-5-7-15-26)32-19-11-13-21-34(32)38;25-18-14-12-17(13-15-18)20-9-5-11-22-21-10-4-8-19(23(21)26-24(20)22)16-6-2-1-3-7-16/h1-36H;5-25H,1-4H3;1-15H/i1D,2D,3D,4D,5D,6D,15D,16D,17D,18D;5D,6D,7D,14D,15D;1D,2D,3D,6D,7D. The Morgan fingerprint density at radius 1 is 0.219 bits per heavy atom. The molecule has 6 heteroatoms. The van der Waals surface area contributed by atoms with Gasteiger partial charge < -0.3 is 18.1 Å². The zero-order valence-electron chi connectivity index (χ0n) is 89.6. The summed E-state index contributed by atoms with van der Waals surface area (Å²) in [6, 6.07) is 98.5. The first kappa shape index (κ1) is 59.0. The topological polar surface area (TPSA) is 44.7 Å². The molecule has 24 aromatic rings. The number of halogens is 1. The van der Waals surface area contributed by atoms with E-state index >= 15 is 0 Å². The van der Waals surface area contributed by atoms with E-state index in [-0.39, 0.29) is 107 Å². The van der Waals surface area contributed by atoms with Gasteiger partial charge in [0.1, 0.15) is 22.3 Å². The Kier molecular flexibility index (Phi) is 14.7. The van der Waals surface area contributed by atoms with Gasteiger partial charge in [-0.15, -0.1) is 0 Å². The van der Waals surface area contributed by atoms with Crippen molar-refractivity contribution in [2.24, 2.45) is 0 Å². The highest BCUT2D eigenvalue weighted by atomic mass is 79.9. The smallest absolute Gasteiger partial charge is 0.455 e. The van der Waals surface area contributed by atoms with E-state index in [1.807, 2.05) is 170 Å². The van der Waals surface area contributed by atoms with Crippen molar-refractivity contribution in [3.8, 4) is 100 Å². The molecule has 0 atom stereocenters. The van der Waals surface area contributed by atoms with Gasteiger partial charge in [0.2, 0.25) is 0 Å². The van der Waals surface area contributed by atoms with E-state index in [4.69, 9.17) is 45.6 Å². The van der Waals surface area contributed by atoms with Crippen molar-refractivity contribution in [2.75, 3.05) is 0 Å². The van der Waals surface area contributed by atoms with Gasteiger partial charge in [-0.3, -0.25) is 0 Å². The quantitative estimate of drug-likeness (QED) is 0.0778. The number of rotatable bonds is 10. The lowest BCUT2D eigenvalue weighted by Gasteiger charge is -2.32. The molecule has 0 N–H and O–H groups in total. The fraction of sp³-hybridized carbons (Fsp3) is 0.0492. The maximum atomic E-state index is 9.00. The van der Waals surface area contributed by atoms with Crippen LogP contribution in [0.1, 0.15) is 55.1 Å². The van der Waals surface area contributed by atoms with Gasteiger partial charge in [-0.25, -0.2) is 0 Å². The molecule has 1 aliphatic heterocycles. The Labute approximate surface area is 779 Å². The summed E-state index contributed by atoms with van der Waals surface area (Å²) in [5.41, 5.74) is 14.9. The second kappa shape index (κ2) is 31.9. The average molecular weight is 1720 g/mol. The summed E-state index contributed by atoms with van der Waals surface area (Å²) >= 11 is 3.46. The second-order valence-corrected chi connectivity index (χ2v) is 34.1. The molecule has 1 fully saturated rings. The summed E-state index contributed by atoms with van der Waals surface area (Å²) in [4.78, 5) is 0. The van der Waals surface area contributed by atoms with Crippen LogP contribution in [-0.2, 0) is 9.31 Å². The Balaban J connectivity index is 0.000000132. The molecule has 0 unspecified atom stereocenters. The maximum Gasteiger partial charge on any atom is 0.494 e. The molecule has 128 heavy (non-hydrogen) atoms. The predicted molar refractivity (Wildman–Crippen MR) is 546 cm³/mol. The van der Waals surface area contributed by atoms with E-state index in [0.717, 1.165) is 173 Å². The fourth-order valence-corrected chi connectivity index (χ4v) is 19.1. The Morgan fingerprint density at radius 3 is 0.883 bits per heavy atom. The van der Waals surface area contributed by atoms with E-state index in [1.165, 1.54) is 0 Å². The van der Waals surface area contributed by atoms with Crippen molar-refractivity contribution in [1.82, 2.24) is 0 Å². The largest absolute Gasteiger partial charge is 0.494 e. The van der Waals surface area contributed by atoms with Crippen molar-refractivity contribution in [1.29, 1.82) is 0 Å². The summed E-state index contributed by atoms with van der Waals surface area (Å²) < 4.78 is 196. The molecule has 2 aromatic heterocycles. The van der Waals surface area contributed by atoms with Crippen molar-refractivity contribution in [3.63, 3.8) is 0 Å². The summed E-state index contributed by atoms with van der Waals surface area (Å²) in [6.45, 7) is 8.25. The minimum Gasteiger partial charge on any atom is -0.455 e. The van der Waals surface area contributed by atoms with Gasteiger partial charge in [0.05, 0.1) is 38.6 Å². The zero-order chi connectivity index (χ0) is 103. The highest BCUT2D eigenvalue weighted by Crippen LogP contribution is 2.51. The van der Waals surface area contributed by atoms with Gasteiger partial charge in [0, 0.05) is 48.3 Å². The minimum absolute atomic E-state index is 0.0959. The fourth-order valence-electron chi connectivity index (χ4n) is 18.8. The number of benzene rings is 22. The molecule has 1 saturated heterocycles. The normalized spacial score (nSPS) is 15.3. The van der Waals surface area contributed by atoms with Crippen molar-refractivity contribution < 1.29 is 45.6 Å². The number of para-hydroxylation sites is 4. The van der Waals surface area contributed by atoms with Crippen LogP contribution in [0.25, 0.3) is 230 Å². The van der Waals surface area contributed by atoms with Gasteiger partial charge in [-0.05, 0) is 228 Å². The molecule has 4 nitrogen and oxygen atoms in total. The molecule has 1 aliphatic rings. The van der Waals surface area contributed by atoms with Crippen LogP contribution < -0.4 is 5.46 Å². The van der Waals surface area contributed by atoms with Gasteiger partial charge in [-0.2, -0.15) is 0 Å². The third-order valence-electron chi connectivity index (χ3n) is 25.4. The highest BCUT2D eigenvalue weighted by Gasteiger charge is 2.52. The van der Waals surface area contributed by atoms with Crippen LogP contribution in [0.2, 0.25) is 0 Å². The lowest BCUT2D eigenvalue weighted by molar-refractivity contribution is 0.00578. The highest BCUT2D eigenvalue weighted by molar-refractivity contribution is 9.10. The third-order valence-corrected chi connectivity index (χ3v) is 26.0. The molecule has 3 heterocycles. The first-order valence-corrected chi connectivity index (χ1v) is 43.2. The lowest BCUT2D eigenvalue weighted by atomic mass is 9.77. The number of fused-ring (bicyclic) bond motifs is 16. The summed E-state index contributed by atoms with van der Waals surface area (Å²) in [6.07, 6.45) is 0. The summed E-state index contributed by atoms with van der Waals surface area (Å²) in [5, 5.41) is 18.9. The van der Waals surface area contributed by atoms with Crippen LogP contribution in [0.4, 0.5) is 0 Å². The van der Waals surface area contributed by atoms with Crippen molar-refractivity contribution in [3.05, 3.63) is 441 Å². The molecule has 0 spiro atoms. The van der Waals surface area contributed by atoms with Crippen molar-refractivity contribution >= 4 is 159 Å². The average Bonchev–Trinajstić information content (AvgIpc) is 0.829. The first-order chi connectivity index (χ1) is 71.2. The molecule has 25 rings (SSSR count). The van der Waals surface area contributed by atoms with E-state index in [1.54, 1.807) is 12.1 Å². The van der Waals surface area contributed by atoms with Crippen LogP contribution in [0, 0.1) is 0 Å². The lowest BCUT2D eigenvalue weighted by Crippen LogP contribution is -2.41. The van der Waals surface area contributed by atoms with E-state index in [2.05, 4.69) is 177 Å². The zero-order valence-corrected chi connectivity index (χ0v) is 71.2. The summed E-state index contributed by atoms with van der Waals surface area (Å²) in [5.74, 6) is 0. The van der Waals surface area contributed by atoms with Gasteiger partial charge in [0.15, 0.2) is 0 Å². The molecule has 606 valence electrons. The van der Waals surface area contributed by atoms with Gasteiger partial charge in [0.25, 0.3) is 0 Å². The molecule has 0 radical (unpaired) electrons. The van der Waals surface area contributed by atoms with Crippen LogP contribution >= 0.6 is 15.9 Å².